The van der Waals surface area contributed by atoms with Crippen molar-refractivity contribution in [2.24, 2.45) is 0 Å². The van der Waals surface area contributed by atoms with Gasteiger partial charge < -0.3 is 14.4 Å². The molecule has 122 valence electrons. The second-order valence-electron chi connectivity index (χ2n) is 5.66. The van der Waals surface area contributed by atoms with Crippen molar-refractivity contribution in [1.29, 1.82) is 0 Å². The summed E-state index contributed by atoms with van der Waals surface area (Å²) in [7, 11) is 3.34. The standard InChI is InChI=1S/C18H23N3O2/c1-22-17-4-3-15(13-18(17)23-2)14-20-9-11-21(12-10-20)16-5-7-19-8-6-16/h3-8,13H,9-12,14H2,1-2H3. The van der Waals surface area contributed by atoms with Crippen molar-refractivity contribution in [2.45, 2.75) is 6.54 Å². The number of aromatic nitrogens is 1. The van der Waals surface area contributed by atoms with E-state index in [1.807, 2.05) is 18.5 Å². The van der Waals surface area contributed by atoms with Gasteiger partial charge >= 0.3 is 0 Å². The summed E-state index contributed by atoms with van der Waals surface area (Å²) in [6.45, 7) is 5.12. The molecule has 0 N–H and O–H groups in total. The number of piperazine rings is 1. The number of methoxy groups -OCH3 is 2. The molecule has 1 aromatic carbocycles. The first-order valence-corrected chi connectivity index (χ1v) is 7.88. The fourth-order valence-electron chi connectivity index (χ4n) is 2.96. The molecule has 2 heterocycles. The van der Waals surface area contributed by atoms with Gasteiger partial charge in [0.05, 0.1) is 14.2 Å². The predicted octanol–water partition coefficient (Wildman–Crippen LogP) is 2.42. The molecule has 2 aromatic rings. The van der Waals surface area contributed by atoms with Gasteiger partial charge in [-0.2, -0.15) is 0 Å². The second-order valence-corrected chi connectivity index (χ2v) is 5.66. The maximum atomic E-state index is 5.38. The minimum atomic E-state index is 0.777. The number of nitrogens with zero attached hydrogens (tertiary/aromatic N) is 3. The van der Waals surface area contributed by atoms with E-state index in [4.69, 9.17) is 9.47 Å². The molecular weight excluding hydrogens is 290 g/mol. The van der Waals surface area contributed by atoms with Gasteiger partial charge in [0.15, 0.2) is 11.5 Å². The number of hydrogen-bond acceptors (Lipinski definition) is 5. The first kappa shape index (κ1) is 15.6. The summed E-state index contributed by atoms with van der Waals surface area (Å²) in [5.74, 6) is 1.57. The molecular formula is C18H23N3O2. The molecule has 1 saturated heterocycles. The lowest BCUT2D eigenvalue weighted by Crippen LogP contribution is -2.45. The fraction of sp³-hybridized carbons (Fsp3) is 0.389. The highest BCUT2D eigenvalue weighted by Gasteiger charge is 2.17. The third-order valence-electron chi connectivity index (χ3n) is 4.25. The first-order valence-electron chi connectivity index (χ1n) is 7.88. The average Bonchev–Trinajstić information content (AvgIpc) is 2.63. The van der Waals surface area contributed by atoms with Crippen LogP contribution in [0.5, 0.6) is 11.5 Å². The Morgan fingerprint density at radius 2 is 1.61 bits per heavy atom. The van der Waals surface area contributed by atoms with E-state index in [-0.39, 0.29) is 0 Å². The van der Waals surface area contributed by atoms with Crippen LogP contribution in [0.25, 0.3) is 0 Å². The number of rotatable bonds is 5. The molecule has 0 saturated carbocycles. The van der Waals surface area contributed by atoms with Crippen LogP contribution >= 0.6 is 0 Å². The van der Waals surface area contributed by atoms with Crippen LogP contribution in [0.1, 0.15) is 5.56 Å². The van der Waals surface area contributed by atoms with Gasteiger partial charge in [-0.3, -0.25) is 9.88 Å². The number of pyridine rings is 1. The second kappa shape index (κ2) is 7.33. The molecule has 1 fully saturated rings. The SMILES string of the molecule is COc1ccc(CN2CCN(c3ccncc3)CC2)cc1OC. The molecule has 0 aliphatic carbocycles. The van der Waals surface area contributed by atoms with E-state index in [0.29, 0.717) is 0 Å². The minimum Gasteiger partial charge on any atom is -0.493 e. The fourth-order valence-corrected chi connectivity index (χ4v) is 2.96. The average molecular weight is 313 g/mol. The number of ether oxygens (including phenoxy) is 2. The Kier molecular flexibility index (Phi) is 4.98. The Bertz CT molecular complexity index is 625. The van der Waals surface area contributed by atoms with E-state index in [0.717, 1.165) is 44.2 Å². The van der Waals surface area contributed by atoms with Crippen molar-refractivity contribution in [3.05, 3.63) is 48.3 Å². The number of benzene rings is 1. The summed E-state index contributed by atoms with van der Waals surface area (Å²) in [5, 5.41) is 0. The normalized spacial score (nSPS) is 15.5. The smallest absolute Gasteiger partial charge is 0.161 e. The summed E-state index contributed by atoms with van der Waals surface area (Å²) >= 11 is 0. The van der Waals surface area contributed by atoms with Crippen molar-refractivity contribution in [1.82, 2.24) is 9.88 Å². The highest BCUT2D eigenvalue weighted by atomic mass is 16.5. The largest absolute Gasteiger partial charge is 0.493 e. The Labute approximate surface area is 137 Å². The maximum absolute atomic E-state index is 5.38. The molecule has 5 heteroatoms. The zero-order chi connectivity index (χ0) is 16.1. The number of anilines is 1. The summed E-state index contributed by atoms with van der Waals surface area (Å²) < 4.78 is 10.7. The van der Waals surface area contributed by atoms with Crippen molar-refractivity contribution >= 4 is 5.69 Å². The Morgan fingerprint density at radius 3 is 2.26 bits per heavy atom. The van der Waals surface area contributed by atoms with Crippen LogP contribution in [0.3, 0.4) is 0 Å². The number of hydrogen-bond donors (Lipinski definition) is 0. The topological polar surface area (TPSA) is 37.8 Å². The summed E-state index contributed by atoms with van der Waals surface area (Å²) in [4.78, 5) is 8.96. The zero-order valence-electron chi connectivity index (χ0n) is 13.7. The lowest BCUT2D eigenvalue weighted by atomic mass is 10.1. The summed E-state index contributed by atoms with van der Waals surface area (Å²) in [5.41, 5.74) is 2.51. The van der Waals surface area contributed by atoms with E-state index >= 15 is 0 Å². The quantitative estimate of drug-likeness (QED) is 0.847. The molecule has 3 rings (SSSR count). The van der Waals surface area contributed by atoms with Gasteiger partial charge in [0.1, 0.15) is 0 Å². The molecule has 1 aromatic heterocycles. The van der Waals surface area contributed by atoms with Gasteiger partial charge in [-0.25, -0.2) is 0 Å². The maximum Gasteiger partial charge on any atom is 0.161 e. The van der Waals surface area contributed by atoms with Crippen LogP contribution in [0.4, 0.5) is 5.69 Å². The molecule has 1 aliphatic rings. The minimum absolute atomic E-state index is 0.777. The Morgan fingerprint density at radius 1 is 0.913 bits per heavy atom. The first-order chi connectivity index (χ1) is 11.3. The van der Waals surface area contributed by atoms with Crippen molar-refractivity contribution in [2.75, 3.05) is 45.3 Å². The molecule has 0 spiro atoms. The van der Waals surface area contributed by atoms with Crippen molar-refractivity contribution in [3.8, 4) is 11.5 Å². The van der Waals surface area contributed by atoms with E-state index in [9.17, 15) is 0 Å². The van der Waals surface area contributed by atoms with Crippen LogP contribution < -0.4 is 14.4 Å². The lowest BCUT2D eigenvalue weighted by molar-refractivity contribution is 0.249. The molecule has 5 nitrogen and oxygen atoms in total. The third-order valence-corrected chi connectivity index (χ3v) is 4.25. The van der Waals surface area contributed by atoms with Crippen LogP contribution in [0.2, 0.25) is 0 Å². The van der Waals surface area contributed by atoms with Crippen LogP contribution in [0.15, 0.2) is 42.7 Å². The van der Waals surface area contributed by atoms with E-state index in [2.05, 4.69) is 39.0 Å². The zero-order valence-corrected chi connectivity index (χ0v) is 13.7. The van der Waals surface area contributed by atoms with Crippen LogP contribution in [-0.4, -0.2) is 50.3 Å². The molecule has 0 radical (unpaired) electrons. The summed E-state index contributed by atoms with van der Waals surface area (Å²) in [6, 6.07) is 10.3. The molecule has 0 unspecified atom stereocenters. The van der Waals surface area contributed by atoms with Gasteiger partial charge in [-0.15, -0.1) is 0 Å². The van der Waals surface area contributed by atoms with Gasteiger partial charge in [-0.1, -0.05) is 6.07 Å². The van der Waals surface area contributed by atoms with Crippen LogP contribution in [0, 0.1) is 0 Å². The molecule has 1 aliphatic heterocycles. The highest BCUT2D eigenvalue weighted by Crippen LogP contribution is 2.28. The van der Waals surface area contributed by atoms with Crippen molar-refractivity contribution in [3.63, 3.8) is 0 Å². The van der Waals surface area contributed by atoms with Crippen molar-refractivity contribution < 1.29 is 9.47 Å². The van der Waals surface area contributed by atoms with E-state index < -0.39 is 0 Å². The Balaban J connectivity index is 1.58. The monoisotopic (exact) mass is 313 g/mol. The van der Waals surface area contributed by atoms with E-state index in [1.165, 1.54) is 11.3 Å². The van der Waals surface area contributed by atoms with Gasteiger partial charge in [0, 0.05) is 50.8 Å². The van der Waals surface area contributed by atoms with Gasteiger partial charge in [-0.05, 0) is 29.8 Å². The highest BCUT2D eigenvalue weighted by molar-refractivity contribution is 5.45. The molecule has 23 heavy (non-hydrogen) atoms. The van der Waals surface area contributed by atoms with E-state index in [1.54, 1.807) is 14.2 Å². The lowest BCUT2D eigenvalue weighted by Gasteiger charge is -2.36. The summed E-state index contributed by atoms with van der Waals surface area (Å²) in [6.07, 6.45) is 3.71. The Hall–Kier alpha value is -2.27. The molecule has 0 atom stereocenters. The van der Waals surface area contributed by atoms with Gasteiger partial charge in [0.2, 0.25) is 0 Å². The van der Waals surface area contributed by atoms with Crippen LogP contribution in [-0.2, 0) is 6.54 Å². The third kappa shape index (κ3) is 3.74. The van der Waals surface area contributed by atoms with Gasteiger partial charge in [0.25, 0.3) is 0 Å². The molecule has 0 amide bonds. The predicted molar refractivity (Wildman–Crippen MR) is 91.3 cm³/mol. The molecule has 0 bridgehead atoms.